The first-order valence-electron chi connectivity index (χ1n) is 5.21. The molecule has 86 valence electrons. The highest BCUT2D eigenvalue weighted by Crippen LogP contribution is 2.18. The lowest BCUT2D eigenvalue weighted by atomic mass is 10.0. The summed E-state index contributed by atoms with van der Waals surface area (Å²) < 4.78 is 1.06. The Morgan fingerprint density at radius 3 is 2.18 bits per heavy atom. The van der Waals surface area contributed by atoms with Gasteiger partial charge in [-0.2, -0.15) is 0 Å². The normalized spacial score (nSPS) is 12.1. The summed E-state index contributed by atoms with van der Waals surface area (Å²) in [6.45, 7) is 0. The summed E-state index contributed by atoms with van der Waals surface area (Å²) in [6.07, 6.45) is -1.09. The van der Waals surface area contributed by atoms with Gasteiger partial charge in [0.1, 0.15) is 6.10 Å². The Balaban J connectivity index is 2.23. The third-order valence-corrected chi connectivity index (χ3v) is 3.21. The summed E-state index contributed by atoms with van der Waals surface area (Å²) in [5, 5.41) is 9.96. The van der Waals surface area contributed by atoms with Gasteiger partial charge < -0.3 is 5.11 Å². The van der Waals surface area contributed by atoms with Gasteiger partial charge in [-0.25, -0.2) is 0 Å². The molecule has 0 spiro atoms. The summed E-state index contributed by atoms with van der Waals surface area (Å²) >= 11 is 2.18. The lowest BCUT2D eigenvalue weighted by molar-refractivity contribution is 0.0747. The molecule has 1 N–H and O–H groups in total. The molecule has 0 aliphatic heterocycles. The predicted octanol–water partition coefficient (Wildman–Crippen LogP) is 3.21. The van der Waals surface area contributed by atoms with Gasteiger partial charge in [0.05, 0.1) is 0 Å². The first kappa shape index (κ1) is 12.3. The number of hydrogen-bond acceptors (Lipinski definition) is 2. The summed E-state index contributed by atoms with van der Waals surface area (Å²) in [7, 11) is 0. The van der Waals surface area contributed by atoms with Gasteiger partial charge in [-0.05, 0) is 40.3 Å². The van der Waals surface area contributed by atoms with Gasteiger partial charge in [0.25, 0.3) is 0 Å². The number of rotatable bonds is 3. The van der Waals surface area contributed by atoms with Crippen LogP contribution in [0, 0.1) is 3.57 Å². The second-order valence-corrected chi connectivity index (χ2v) is 4.93. The average molecular weight is 338 g/mol. The molecule has 2 aromatic rings. The van der Waals surface area contributed by atoms with E-state index in [4.69, 9.17) is 0 Å². The van der Waals surface area contributed by atoms with Crippen molar-refractivity contribution in [1.29, 1.82) is 0 Å². The minimum absolute atomic E-state index is 0.271. The van der Waals surface area contributed by atoms with Crippen molar-refractivity contribution in [3.8, 4) is 0 Å². The van der Waals surface area contributed by atoms with Crippen molar-refractivity contribution in [1.82, 2.24) is 0 Å². The van der Waals surface area contributed by atoms with E-state index in [1.807, 2.05) is 18.2 Å². The fourth-order valence-electron chi connectivity index (χ4n) is 1.56. The maximum Gasteiger partial charge on any atom is 0.195 e. The highest BCUT2D eigenvalue weighted by atomic mass is 127. The van der Waals surface area contributed by atoms with Crippen LogP contribution < -0.4 is 0 Å². The van der Waals surface area contributed by atoms with Crippen LogP contribution in [0.15, 0.2) is 54.6 Å². The van der Waals surface area contributed by atoms with Crippen LogP contribution in [0.3, 0.4) is 0 Å². The third-order valence-electron chi connectivity index (χ3n) is 2.49. The topological polar surface area (TPSA) is 37.3 Å². The number of hydrogen-bond donors (Lipinski definition) is 1. The van der Waals surface area contributed by atoms with Crippen molar-refractivity contribution in [2.45, 2.75) is 6.10 Å². The first-order chi connectivity index (χ1) is 8.18. The van der Waals surface area contributed by atoms with E-state index in [-0.39, 0.29) is 5.78 Å². The fourth-order valence-corrected chi connectivity index (χ4v) is 1.92. The van der Waals surface area contributed by atoms with E-state index in [0.29, 0.717) is 11.1 Å². The molecule has 0 radical (unpaired) electrons. The fraction of sp³-hybridized carbons (Fsp3) is 0.0714. The molecule has 1 atom stereocenters. The SMILES string of the molecule is O=C(c1ccc(I)cc1)C(O)c1ccccc1. The van der Waals surface area contributed by atoms with Gasteiger partial charge in [0.2, 0.25) is 0 Å². The Morgan fingerprint density at radius 1 is 1.00 bits per heavy atom. The van der Waals surface area contributed by atoms with Crippen molar-refractivity contribution >= 4 is 28.4 Å². The highest BCUT2D eigenvalue weighted by molar-refractivity contribution is 14.1. The van der Waals surface area contributed by atoms with Gasteiger partial charge in [0.15, 0.2) is 5.78 Å². The smallest absolute Gasteiger partial charge is 0.195 e. The predicted molar refractivity (Wildman–Crippen MR) is 74.9 cm³/mol. The molecule has 2 aromatic carbocycles. The number of benzene rings is 2. The van der Waals surface area contributed by atoms with Gasteiger partial charge >= 0.3 is 0 Å². The Morgan fingerprint density at radius 2 is 1.59 bits per heavy atom. The number of carbonyl (C=O) groups is 1. The monoisotopic (exact) mass is 338 g/mol. The van der Waals surface area contributed by atoms with Crippen LogP contribution in [0.5, 0.6) is 0 Å². The van der Waals surface area contributed by atoms with E-state index in [1.54, 1.807) is 36.4 Å². The van der Waals surface area contributed by atoms with Crippen LogP contribution in [0.1, 0.15) is 22.0 Å². The van der Waals surface area contributed by atoms with Crippen LogP contribution in [0.4, 0.5) is 0 Å². The molecule has 0 amide bonds. The molecule has 0 bridgehead atoms. The first-order valence-corrected chi connectivity index (χ1v) is 6.29. The zero-order valence-electron chi connectivity index (χ0n) is 9.01. The van der Waals surface area contributed by atoms with E-state index >= 15 is 0 Å². The van der Waals surface area contributed by atoms with E-state index in [9.17, 15) is 9.90 Å². The summed E-state index contributed by atoms with van der Waals surface area (Å²) in [5.74, 6) is -0.271. The molecule has 0 aliphatic carbocycles. The van der Waals surface area contributed by atoms with Gasteiger partial charge in [0, 0.05) is 9.13 Å². The molecule has 2 nitrogen and oxygen atoms in total. The number of aliphatic hydroxyl groups is 1. The van der Waals surface area contributed by atoms with Crippen molar-refractivity contribution in [2.24, 2.45) is 0 Å². The molecule has 0 heterocycles. The molecule has 2 rings (SSSR count). The largest absolute Gasteiger partial charge is 0.380 e. The van der Waals surface area contributed by atoms with E-state index < -0.39 is 6.10 Å². The van der Waals surface area contributed by atoms with E-state index in [1.165, 1.54) is 0 Å². The molecule has 0 saturated carbocycles. The Kier molecular flexibility index (Phi) is 3.91. The van der Waals surface area contributed by atoms with E-state index in [2.05, 4.69) is 22.6 Å². The number of Topliss-reactive ketones (excluding diaryl/α,β-unsaturated/α-hetero) is 1. The standard InChI is InChI=1S/C14H11IO2/c15-12-8-6-11(7-9-12)14(17)13(16)10-4-2-1-3-5-10/h1-9,13,16H. The molecule has 0 aromatic heterocycles. The van der Waals surface area contributed by atoms with Gasteiger partial charge in [-0.3, -0.25) is 4.79 Å². The quantitative estimate of drug-likeness (QED) is 0.689. The second-order valence-electron chi connectivity index (χ2n) is 3.68. The maximum atomic E-state index is 12.0. The third kappa shape index (κ3) is 2.92. The molecule has 0 aliphatic rings. The van der Waals surface area contributed by atoms with Gasteiger partial charge in [-0.1, -0.05) is 42.5 Å². The second kappa shape index (κ2) is 5.42. The van der Waals surface area contributed by atoms with E-state index in [0.717, 1.165) is 3.57 Å². The molecule has 0 saturated heterocycles. The summed E-state index contributed by atoms with van der Waals surface area (Å²) in [4.78, 5) is 12.0. The maximum absolute atomic E-state index is 12.0. The van der Waals surface area contributed by atoms with Crippen LogP contribution in [-0.4, -0.2) is 10.9 Å². The molecule has 1 unspecified atom stereocenters. The van der Waals surface area contributed by atoms with Crippen LogP contribution in [0.2, 0.25) is 0 Å². The Hall–Kier alpha value is -1.20. The Labute approximate surface area is 113 Å². The van der Waals surface area contributed by atoms with Crippen molar-refractivity contribution in [2.75, 3.05) is 0 Å². The lowest BCUT2D eigenvalue weighted by Gasteiger charge is -2.09. The number of halogens is 1. The molecular formula is C14H11IO2. The molecule has 0 fully saturated rings. The number of aliphatic hydroxyl groups excluding tert-OH is 1. The zero-order valence-corrected chi connectivity index (χ0v) is 11.2. The zero-order chi connectivity index (χ0) is 12.3. The van der Waals surface area contributed by atoms with Crippen molar-refractivity contribution in [3.63, 3.8) is 0 Å². The Bertz CT molecular complexity index is 506. The number of ketones is 1. The summed E-state index contributed by atoms with van der Waals surface area (Å²) in [6, 6.07) is 16.1. The van der Waals surface area contributed by atoms with Crippen LogP contribution >= 0.6 is 22.6 Å². The minimum Gasteiger partial charge on any atom is -0.380 e. The molecular weight excluding hydrogens is 327 g/mol. The summed E-state index contributed by atoms with van der Waals surface area (Å²) in [5.41, 5.74) is 1.15. The van der Waals surface area contributed by atoms with Gasteiger partial charge in [-0.15, -0.1) is 0 Å². The molecule has 17 heavy (non-hydrogen) atoms. The lowest BCUT2D eigenvalue weighted by Crippen LogP contribution is -2.12. The van der Waals surface area contributed by atoms with Crippen LogP contribution in [0.25, 0.3) is 0 Å². The van der Waals surface area contributed by atoms with Crippen LogP contribution in [-0.2, 0) is 0 Å². The average Bonchev–Trinajstić information content (AvgIpc) is 2.39. The highest BCUT2D eigenvalue weighted by Gasteiger charge is 2.18. The minimum atomic E-state index is -1.09. The number of carbonyl (C=O) groups excluding carboxylic acids is 1. The molecule has 3 heteroatoms. The van der Waals surface area contributed by atoms with Crippen molar-refractivity contribution < 1.29 is 9.90 Å². The van der Waals surface area contributed by atoms with Crippen molar-refractivity contribution in [3.05, 3.63) is 69.3 Å².